The SMILES string of the molecule is CC(=O)c1nc(Cl)c2n1CCCC2. The van der Waals surface area contributed by atoms with Crippen molar-refractivity contribution in [1.82, 2.24) is 9.55 Å². The molecule has 3 nitrogen and oxygen atoms in total. The van der Waals surface area contributed by atoms with Crippen molar-refractivity contribution >= 4 is 17.4 Å². The first-order valence-electron chi connectivity index (χ1n) is 4.46. The van der Waals surface area contributed by atoms with Gasteiger partial charge in [0.15, 0.2) is 16.8 Å². The minimum absolute atomic E-state index is 0.00458. The van der Waals surface area contributed by atoms with E-state index < -0.39 is 0 Å². The van der Waals surface area contributed by atoms with Gasteiger partial charge in [-0.25, -0.2) is 4.98 Å². The average molecular weight is 199 g/mol. The summed E-state index contributed by atoms with van der Waals surface area (Å²) in [5, 5.41) is 0.505. The maximum Gasteiger partial charge on any atom is 0.195 e. The molecule has 0 aliphatic carbocycles. The zero-order valence-electron chi connectivity index (χ0n) is 7.51. The van der Waals surface area contributed by atoms with Crippen molar-refractivity contribution in [2.24, 2.45) is 0 Å². The van der Waals surface area contributed by atoms with Crippen LogP contribution in [0.15, 0.2) is 0 Å². The normalized spacial score (nSPS) is 15.5. The van der Waals surface area contributed by atoms with Gasteiger partial charge in [0.05, 0.1) is 5.69 Å². The number of Topliss-reactive ketones (excluding diaryl/α,β-unsaturated/α-hetero) is 1. The fraction of sp³-hybridized carbons (Fsp3) is 0.556. The van der Waals surface area contributed by atoms with E-state index in [0.29, 0.717) is 11.0 Å². The lowest BCUT2D eigenvalue weighted by molar-refractivity contribution is 0.0998. The third-order valence-corrected chi connectivity index (χ3v) is 2.69. The fourth-order valence-corrected chi connectivity index (χ4v) is 2.04. The van der Waals surface area contributed by atoms with Crippen molar-refractivity contribution in [3.8, 4) is 0 Å². The number of hydrogen-bond donors (Lipinski definition) is 0. The molecule has 1 aromatic heterocycles. The van der Waals surface area contributed by atoms with Crippen molar-refractivity contribution in [1.29, 1.82) is 0 Å². The van der Waals surface area contributed by atoms with E-state index in [1.165, 1.54) is 6.92 Å². The van der Waals surface area contributed by atoms with Crippen LogP contribution in [0.25, 0.3) is 0 Å². The zero-order valence-corrected chi connectivity index (χ0v) is 8.26. The monoisotopic (exact) mass is 198 g/mol. The second-order valence-corrected chi connectivity index (χ2v) is 3.70. The molecule has 0 saturated carbocycles. The zero-order chi connectivity index (χ0) is 9.42. The quantitative estimate of drug-likeness (QED) is 0.648. The van der Waals surface area contributed by atoms with Gasteiger partial charge < -0.3 is 4.57 Å². The summed E-state index contributed by atoms with van der Waals surface area (Å²) < 4.78 is 1.95. The van der Waals surface area contributed by atoms with Gasteiger partial charge in [0.2, 0.25) is 0 Å². The van der Waals surface area contributed by atoms with Gasteiger partial charge in [-0.15, -0.1) is 0 Å². The molecule has 0 unspecified atom stereocenters. The van der Waals surface area contributed by atoms with Crippen LogP contribution in [0, 0.1) is 0 Å². The highest BCUT2D eigenvalue weighted by Gasteiger charge is 2.20. The first-order chi connectivity index (χ1) is 6.20. The third-order valence-electron chi connectivity index (χ3n) is 2.38. The molecule has 0 bridgehead atoms. The highest BCUT2D eigenvalue weighted by Crippen LogP contribution is 2.24. The lowest BCUT2D eigenvalue weighted by Crippen LogP contribution is -2.14. The van der Waals surface area contributed by atoms with Crippen molar-refractivity contribution in [2.45, 2.75) is 32.7 Å². The standard InChI is InChI=1S/C9H11ClN2O/c1-6(13)9-11-8(10)7-4-2-3-5-12(7)9/h2-5H2,1H3. The minimum Gasteiger partial charge on any atom is -0.324 e. The number of carbonyl (C=O) groups is 1. The van der Waals surface area contributed by atoms with Crippen LogP contribution < -0.4 is 0 Å². The van der Waals surface area contributed by atoms with Crippen LogP contribution in [-0.2, 0) is 13.0 Å². The van der Waals surface area contributed by atoms with Crippen molar-refractivity contribution in [3.63, 3.8) is 0 Å². The summed E-state index contributed by atoms with van der Waals surface area (Å²) in [6.07, 6.45) is 3.20. The van der Waals surface area contributed by atoms with Crippen molar-refractivity contribution in [2.75, 3.05) is 0 Å². The molecule has 0 atom stereocenters. The first kappa shape index (κ1) is 8.75. The summed E-state index contributed by atoms with van der Waals surface area (Å²) in [5.41, 5.74) is 1.03. The van der Waals surface area contributed by atoms with E-state index in [1.54, 1.807) is 0 Å². The van der Waals surface area contributed by atoms with Gasteiger partial charge in [-0.1, -0.05) is 11.6 Å². The average Bonchev–Trinajstić information content (AvgIpc) is 2.45. The van der Waals surface area contributed by atoms with Crippen LogP contribution in [0.3, 0.4) is 0 Å². The van der Waals surface area contributed by atoms with Crippen LogP contribution in [0.2, 0.25) is 5.15 Å². The molecule has 70 valence electrons. The molecule has 0 fully saturated rings. The van der Waals surface area contributed by atoms with Gasteiger partial charge in [-0.3, -0.25) is 4.79 Å². The molecule has 1 aliphatic heterocycles. The number of carbonyl (C=O) groups excluding carboxylic acids is 1. The Kier molecular flexibility index (Phi) is 2.12. The smallest absolute Gasteiger partial charge is 0.195 e. The predicted octanol–water partition coefficient (Wildman–Crippen LogP) is 2.08. The number of nitrogens with zero attached hydrogens (tertiary/aromatic N) is 2. The molecule has 13 heavy (non-hydrogen) atoms. The molecule has 1 aromatic rings. The maximum absolute atomic E-state index is 11.2. The summed E-state index contributed by atoms with van der Waals surface area (Å²) in [7, 11) is 0. The Labute approximate surface area is 81.7 Å². The molecule has 2 heterocycles. The molecule has 1 aliphatic rings. The van der Waals surface area contributed by atoms with E-state index in [2.05, 4.69) is 4.98 Å². The largest absolute Gasteiger partial charge is 0.324 e. The number of rotatable bonds is 1. The molecular weight excluding hydrogens is 188 g/mol. The number of aromatic nitrogens is 2. The molecule has 2 rings (SSSR count). The van der Waals surface area contributed by atoms with Crippen molar-refractivity contribution in [3.05, 3.63) is 16.7 Å². The lowest BCUT2D eigenvalue weighted by Gasteiger charge is -2.15. The van der Waals surface area contributed by atoms with Gasteiger partial charge in [0.1, 0.15) is 0 Å². The first-order valence-corrected chi connectivity index (χ1v) is 4.84. The second kappa shape index (κ2) is 3.14. The summed E-state index contributed by atoms with van der Waals surface area (Å²) in [4.78, 5) is 15.3. The number of hydrogen-bond acceptors (Lipinski definition) is 2. The molecule has 4 heteroatoms. The fourth-order valence-electron chi connectivity index (χ4n) is 1.77. The Morgan fingerprint density at radius 2 is 2.31 bits per heavy atom. The van der Waals surface area contributed by atoms with Crippen molar-refractivity contribution < 1.29 is 4.79 Å². The Hall–Kier alpha value is -0.830. The van der Waals surface area contributed by atoms with Gasteiger partial charge in [0, 0.05) is 13.5 Å². The Balaban J connectivity index is 2.53. The molecule has 0 amide bonds. The number of halogens is 1. The highest BCUT2D eigenvalue weighted by molar-refractivity contribution is 6.30. The summed E-state index contributed by atoms with van der Waals surface area (Å²) in [6.45, 7) is 2.41. The predicted molar refractivity (Wildman–Crippen MR) is 50.2 cm³/mol. The number of imidazole rings is 1. The molecule has 0 radical (unpaired) electrons. The Morgan fingerprint density at radius 3 is 3.00 bits per heavy atom. The number of ketones is 1. The van der Waals surface area contributed by atoms with Gasteiger partial charge in [-0.2, -0.15) is 0 Å². The van der Waals surface area contributed by atoms with Gasteiger partial charge in [0.25, 0.3) is 0 Å². The van der Waals surface area contributed by atoms with E-state index in [4.69, 9.17) is 11.6 Å². The highest BCUT2D eigenvalue weighted by atomic mass is 35.5. The third kappa shape index (κ3) is 1.37. The maximum atomic E-state index is 11.2. The van der Waals surface area contributed by atoms with E-state index in [-0.39, 0.29) is 5.78 Å². The van der Waals surface area contributed by atoms with Crippen LogP contribution in [-0.4, -0.2) is 15.3 Å². The summed E-state index contributed by atoms with van der Waals surface area (Å²) >= 11 is 5.92. The minimum atomic E-state index is -0.00458. The van der Waals surface area contributed by atoms with E-state index in [0.717, 1.165) is 31.5 Å². The number of fused-ring (bicyclic) bond motifs is 1. The van der Waals surface area contributed by atoms with E-state index in [1.807, 2.05) is 4.57 Å². The molecule has 0 saturated heterocycles. The molecule has 0 N–H and O–H groups in total. The Bertz CT molecular complexity index is 357. The van der Waals surface area contributed by atoms with E-state index >= 15 is 0 Å². The molecule has 0 aromatic carbocycles. The summed E-state index contributed by atoms with van der Waals surface area (Å²) in [5.74, 6) is 0.509. The molecular formula is C9H11ClN2O. The van der Waals surface area contributed by atoms with Crippen LogP contribution in [0.4, 0.5) is 0 Å². The van der Waals surface area contributed by atoms with Crippen LogP contribution in [0.1, 0.15) is 36.1 Å². The molecule has 0 spiro atoms. The van der Waals surface area contributed by atoms with E-state index in [9.17, 15) is 4.79 Å². The second-order valence-electron chi connectivity index (χ2n) is 3.34. The topological polar surface area (TPSA) is 34.9 Å². The lowest BCUT2D eigenvalue weighted by atomic mass is 10.1. The summed E-state index contributed by atoms with van der Waals surface area (Å²) in [6, 6.07) is 0. The van der Waals surface area contributed by atoms with Crippen LogP contribution >= 0.6 is 11.6 Å². The van der Waals surface area contributed by atoms with Crippen LogP contribution in [0.5, 0.6) is 0 Å². The van der Waals surface area contributed by atoms with Gasteiger partial charge in [-0.05, 0) is 19.3 Å². The Morgan fingerprint density at radius 1 is 1.54 bits per heavy atom. The van der Waals surface area contributed by atoms with Gasteiger partial charge >= 0.3 is 0 Å².